The SMILES string of the molecule is CC(C)c1ccccc1-c1c(/C=C/C(=O)N2CCN(C(=O)c3cccnc3)CC2)ccc(Sc2ccc(/C=C/C(=O)N3CCN(C(=O)c4cccnc4)CC3)c(-c3ccccc3C(C)C)c2[N+](=O)[O-])c1[N+](=O)[O-]. The number of carbonyl (C=O) groups excluding carboxylic acids is 4. The molecule has 0 saturated carbocycles. The average Bonchev–Trinajstić information content (AvgIpc) is 3.41. The summed E-state index contributed by atoms with van der Waals surface area (Å²) >= 11 is 0.903. The van der Waals surface area contributed by atoms with Crippen LogP contribution in [-0.2, 0) is 9.59 Å². The van der Waals surface area contributed by atoms with Crippen molar-refractivity contribution in [1.29, 1.82) is 0 Å². The first kappa shape index (κ1) is 51.1. The number of hydrogen-bond acceptors (Lipinski definition) is 11. The van der Waals surface area contributed by atoms with E-state index in [1.54, 1.807) is 117 Å². The lowest BCUT2D eigenvalue weighted by atomic mass is 9.89. The fourth-order valence-electron chi connectivity index (χ4n) is 9.26. The zero-order chi connectivity index (χ0) is 51.8. The molecule has 372 valence electrons. The van der Waals surface area contributed by atoms with Gasteiger partial charge in [-0.1, -0.05) is 100 Å². The first-order chi connectivity index (χ1) is 35.2. The monoisotopic (exact) mass is 998 g/mol. The number of rotatable bonds is 14. The Morgan fingerprint density at radius 2 is 0.890 bits per heavy atom. The van der Waals surface area contributed by atoms with E-state index in [2.05, 4.69) is 9.97 Å². The Kier molecular flexibility index (Phi) is 16.0. The minimum absolute atomic E-state index is 0.0559. The van der Waals surface area contributed by atoms with Gasteiger partial charge in [-0.25, -0.2) is 0 Å². The number of pyridine rings is 2. The van der Waals surface area contributed by atoms with Gasteiger partial charge in [-0.15, -0.1) is 0 Å². The summed E-state index contributed by atoms with van der Waals surface area (Å²) < 4.78 is 0. The summed E-state index contributed by atoms with van der Waals surface area (Å²) in [7, 11) is 0. The van der Waals surface area contributed by atoms with Crippen LogP contribution in [0.5, 0.6) is 0 Å². The molecule has 4 aromatic carbocycles. The highest BCUT2D eigenvalue weighted by Gasteiger charge is 2.32. The van der Waals surface area contributed by atoms with Gasteiger partial charge in [0, 0.05) is 89.3 Å². The predicted octanol–water partition coefficient (Wildman–Crippen LogP) is 10.0. The number of carbonyl (C=O) groups is 4. The van der Waals surface area contributed by atoms with Crippen LogP contribution in [0.4, 0.5) is 11.4 Å². The molecule has 2 aromatic heterocycles. The molecule has 0 spiro atoms. The molecule has 0 bridgehead atoms. The molecule has 4 heterocycles. The van der Waals surface area contributed by atoms with Crippen molar-refractivity contribution in [3.05, 3.63) is 188 Å². The Morgan fingerprint density at radius 1 is 0.521 bits per heavy atom. The van der Waals surface area contributed by atoms with Gasteiger partial charge in [-0.2, -0.15) is 0 Å². The molecule has 2 saturated heterocycles. The van der Waals surface area contributed by atoms with Crippen molar-refractivity contribution in [2.75, 3.05) is 52.4 Å². The van der Waals surface area contributed by atoms with E-state index in [4.69, 9.17) is 0 Å². The van der Waals surface area contributed by atoms with E-state index in [1.165, 1.54) is 24.5 Å². The number of nitro groups is 2. The second-order valence-electron chi connectivity index (χ2n) is 18.2. The lowest BCUT2D eigenvalue weighted by Gasteiger charge is -2.34. The Hall–Kier alpha value is -8.31. The van der Waals surface area contributed by atoms with E-state index in [0.29, 0.717) is 59.6 Å². The zero-order valence-corrected chi connectivity index (χ0v) is 41.7. The molecule has 2 aliphatic rings. The molecular formula is C56H54N8O8S. The Bertz CT molecular complexity index is 2920. The number of aromatic nitrogens is 2. The normalized spacial score (nSPS) is 14.1. The maximum Gasteiger partial charge on any atom is 0.291 e. The summed E-state index contributed by atoms with van der Waals surface area (Å²) in [5.41, 5.74) is 4.46. The van der Waals surface area contributed by atoms with E-state index < -0.39 is 9.85 Å². The van der Waals surface area contributed by atoms with Crippen molar-refractivity contribution in [2.45, 2.75) is 49.3 Å². The Balaban J connectivity index is 1.14. The third-order valence-corrected chi connectivity index (χ3v) is 14.1. The number of piperazine rings is 2. The van der Waals surface area contributed by atoms with Crippen LogP contribution >= 0.6 is 11.8 Å². The number of nitrogens with zero attached hydrogens (tertiary/aromatic N) is 8. The average molecular weight is 999 g/mol. The van der Waals surface area contributed by atoms with Crippen LogP contribution in [0.2, 0.25) is 0 Å². The number of amides is 4. The molecule has 2 fully saturated rings. The maximum atomic E-state index is 13.7. The molecule has 0 unspecified atom stereocenters. The minimum Gasteiger partial charge on any atom is -0.336 e. The van der Waals surface area contributed by atoms with Gasteiger partial charge in [0.2, 0.25) is 11.8 Å². The smallest absolute Gasteiger partial charge is 0.291 e. The molecule has 0 aliphatic carbocycles. The molecule has 2 aliphatic heterocycles. The van der Waals surface area contributed by atoms with Crippen LogP contribution in [0, 0.1) is 20.2 Å². The van der Waals surface area contributed by atoms with Crippen LogP contribution in [0.1, 0.15) is 82.5 Å². The van der Waals surface area contributed by atoms with Crippen LogP contribution in [-0.4, -0.2) is 115 Å². The quantitative estimate of drug-likeness (QED) is 0.0573. The lowest BCUT2D eigenvalue weighted by Crippen LogP contribution is -2.50. The van der Waals surface area contributed by atoms with Crippen molar-refractivity contribution in [1.82, 2.24) is 29.6 Å². The molecule has 0 radical (unpaired) electrons. The first-order valence-corrected chi connectivity index (χ1v) is 24.8. The van der Waals surface area contributed by atoms with Gasteiger partial charge >= 0.3 is 0 Å². The van der Waals surface area contributed by atoms with Crippen LogP contribution in [0.15, 0.2) is 144 Å². The Labute approximate surface area is 427 Å². The van der Waals surface area contributed by atoms with Crippen molar-refractivity contribution < 1.29 is 29.0 Å². The summed E-state index contributed by atoms with van der Waals surface area (Å²) in [6.45, 7) is 10.4. The second kappa shape index (κ2) is 22.8. The summed E-state index contributed by atoms with van der Waals surface area (Å²) in [5, 5.41) is 27.1. The zero-order valence-electron chi connectivity index (χ0n) is 40.9. The fraction of sp³-hybridized carbons (Fsp3) is 0.250. The predicted molar refractivity (Wildman–Crippen MR) is 281 cm³/mol. The van der Waals surface area contributed by atoms with E-state index in [0.717, 1.165) is 22.9 Å². The first-order valence-electron chi connectivity index (χ1n) is 24.0. The lowest BCUT2D eigenvalue weighted by molar-refractivity contribution is -0.387. The van der Waals surface area contributed by atoms with Crippen molar-refractivity contribution in [2.24, 2.45) is 0 Å². The highest BCUT2D eigenvalue weighted by atomic mass is 32.2. The summed E-state index contributed by atoms with van der Waals surface area (Å²) in [6, 6.07) is 28.0. The third-order valence-electron chi connectivity index (χ3n) is 13.0. The number of nitro benzene ring substituents is 2. The van der Waals surface area contributed by atoms with Gasteiger partial charge in [-0.05, 0) is 93.8 Å². The molecule has 0 atom stereocenters. The van der Waals surface area contributed by atoms with E-state index in [1.807, 2.05) is 52.0 Å². The van der Waals surface area contributed by atoms with Crippen LogP contribution in [0.25, 0.3) is 34.4 Å². The molecule has 17 heteroatoms. The Morgan fingerprint density at radius 3 is 1.23 bits per heavy atom. The van der Waals surface area contributed by atoms with Crippen molar-refractivity contribution in [3.8, 4) is 22.3 Å². The van der Waals surface area contributed by atoms with Gasteiger partial charge in [-0.3, -0.25) is 49.4 Å². The van der Waals surface area contributed by atoms with E-state index in [-0.39, 0.29) is 93.9 Å². The molecule has 16 nitrogen and oxygen atoms in total. The molecule has 73 heavy (non-hydrogen) atoms. The third kappa shape index (κ3) is 11.4. The molecule has 8 rings (SSSR count). The topological polar surface area (TPSA) is 193 Å². The summed E-state index contributed by atoms with van der Waals surface area (Å²) in [5.74, 6) is -1.10. The van der Waals surface area contributed by atoms with Gasteiger partial charge < -0.3 is 19.6 Å². The molecule has 0 N–H and O–H groups in total. The van der Waals surface area contributed by atoms with Gasteiger partial charge in [0.1, 0.15) is 0 Å². The van der Waals surface area contributed by atoms with E-state index >= 15 is 0 Å². The van der Waals surface area contributed by atoms with Gasteiger partial charge in [0.25, 0.3) is 23.2 Å². The molecule has 4 amide bonds. The second-order valence-corrected chi connectivity index (χ2v) is 19.3. The highest BCUT2D eigenvalue weighted by Crippen LogP contribution is 2.50. The van der Waals surface area contributed by atoms with E-state index in [9.17, 15) is 39.4 Å². The van der Waals surface area contributed by atoms with Gasteiger partial charge in [0.15, 0.2) is 0 Å². The summed E-state index contributed by atoms with van der Waals surface area (Å²) in [4.78, 5) is 94.7. The largest absolute Gasteiger partial charge is 0.336 e. The fourth-order valence-corrected chi connectivity index (χ4v) is 10.3. The molecule has 6 aromatic rings. The number of benzene rings is 4. The van der Waals surface area contributed by atoms with Crippen molar-refractivity contribution in [3.63, 3.8) is 0 Å². The highest BCUT2D eigenvalue weighted by molar-refractivity contribution is 7.99. The number of hydrogen-bond donors (Lipinski definition) is 0. The van der Waals surface area contributed by atoms with Crippen LogP contribution < -0.4 is 0 Å². The summed E-state index contributed by atoms with van der Waals surface area (Å²) in [6.07, 6.45) is 12.1. The minimum atomic E-state index is -0.482. The molecular weight excluding hydrogens is 945 g/mol. The van der Waals surface area contributed by atoms with Gasteiger partial charge in [0.05, 0.1) is 41.9 Å². The van der Waals surface area contributed by atoms with Crippen LogP contribution in [0.3, 0.4) is 0 Å². The van der Waals surface area contributed by atoms with Crippen molar-refractivity contribution >= 4 is 58.9 Å². The maximum absolute atomic E-state index is 13.7. The standard InChI is InChI=1S/C56H54N8O8S/c1-37(2)43-13-5-7-15-45(43)51-39(19-23-49(65)59-27-31-61(32-28-59)55(67)41-11-9-25-57-35-41)17-21-47(53(51)63(69)70)73-48-22-18-40(52(54(48)64(71)72)46-16-8-6-14-44(46)38(3)4)20-24-50(66)60-29-33-62(34-30-60)56(68)42-12-10-26-58-36-42/h5-26,35-38H,27-34H2,1-4H3/b23-19+,24-20+.